The number of halogens is 2. The lowest BCUT2D eigenvalue weighted by atomic mass is 9.75. The molecule has 0 aliphatic carbocycles. The quantitative estimate of drug-likeness (QED) is 0.682. The minimum absolute atomic E-state index is 0.114. The normalized spacial score (nSPS) is 21.9. The molecule has 0 bridgehead atoms. The number of carbonyl (C=O) groups excluding carboxylic acids is 1. The monoisotopic (exact) mass is 431 g/mol. The van der Waals surface area contributed by atoms with E-state index in [1.165, 1.54) is 5.69 Å². The van der Waals surface area contributed by atoms with Gasteiger partial charge in [0, 0.05) is 47.6 Å². The van der Waals surface area contributed by atoms with E-state index in [1.807, 2.05) is 36.4 Å². The van der Waals surface area contributed by atoms with Gasteiger partial charge in [-0.1, -0.05) is 36.2 Å². The van der Waals surface area contributed by atoms with E-state index in [-0.39, 0.29) is 5.91 Å². The summed E-state index contributed by atoms with van der Waals surface area (Å²) in [4.78, 5) is 17.7. The molecule has 1 fully saturated rings. The number of rotatable bonds is 6. The summed E-state index contributed by atoms with van der Waals surface area (Å²) >= 11 is 12.4. The zero-order chi connectivity index (χ0) is 20.4. The van der Waals surface area contributed by atoms with Crippen LogP contribution in [0.2, 0.25) is 10.0 Å². The van der Waals surface area contributed by atoms with Gasteiger partial charge in [-0.3, -0.25) is 9.69 Å². The van der Waals surface area contributed by atoms with Crippen molar-refractivity contribution in [1.82, 2.24) is 4.90 Å². The van der Waals surface area contributed by atoms with Crippen LogP contribution in [0.25, 0.3) is 0 Å². The van der Waals surface area contributed by atoms with Crippen molar-refractivity contribution in [2.24, 2.45) is 0 Å². The van der Waals surface area contributed by atoms with E-state index in [4.69, 9.17) is 23.2 Å². The van der Waals surface area contributed by atoms with Gasteiger partial charge < -0.3 is 10.2 Å². The second-order valence-corrected chi connectivity index (χ2v) is 8.86. The Morgan fingerprint density at radius 3 is 2.52 bits per heavy atom. The minimum atomic E-state index is -0.456. The van der Waals surface area contributed by atoms with Crippen molar-refractivity contribution in [3.05, 3.63) is 58.1 Å². The molecule has 2 aliphatic rings. The summed E-state index contributed by atoms with van der Waals surface area (Å²) in [5, 5.41) is 4.53. The van der Waals surface area contributed by atoms with Crippen molar-refractivity contribution in [2.75, 3.05) is 42.9 Å². The highest BCUT2D eigenvalue weighted by molar-refractivity contribution is 6.31. The highest BCUT2D eigenvalue weighted by atomic mass is 35.5. The van der Waals surface area contributed by atoms with Gasteiger partial charge in [0.2, 0.25) is 5.91 Å². The first kappa shape index (κ1) is 20.5. The Bertz CT molecular complexity index is 895. The van der Waals surface area contributed by atoms with Crippen molar-refractivity contribution < 1.29 is 4.79 Å². The molecule has 29 heavy (non-hydrogen) atoms. The van der Waals surface area contributed by atoms with E-state index < -0.39 is 5.41 Å². The largest absolute Gasteiger partial charge is 0.369 e. The van der Waals surface area contributed by atoms with E-state index >= 15 is 0 Å². The lowest BCUT2D eigenvalue weighted by Crippen LogP contribution is -2.47. The Morgan fingerprint density at radius 2 is 1.79 bits per heavy atom. The van der Waals surface area contributed by atoms with Gasteiger partial charge in [-0.05, 0) is 67.8 Å². The highest BCUT2D eigenvalue weighted by Crippen LogP contribution is 2.44. The average molecular weight is 432 g/mol. The van der Waals surface area contributed by atoms with E-state index in [2.05, 4.69) is 28.1 Å². The number of anilines is 2. The molecule has 4 rings (SSSR count). The van der Waals surface area contributed by atoms with Crippen LogP contribution in [0.5, 0.6) is 0 Å². The number of nitrogens with zero attached hydrogens (tertiary/aromatic N) is 2. The first-order valence-corrected chi connectivity index (χ1v) is 11.1. The second-order valence-electron chi connectivity index (χ2n) is 7.99. The summed E-state index contributed by atoms with van der Waals surface area (Å²) in [7, 11) is 0. The lowest BCUT2D eigenvalue weighted by molar-refractivity contribution is -0.121. The maximum atomic E-state index is 12.8. The van der Waals surface area contributed by atoms with Gasteiger partial charge in [-0.25, -0.2) is 0 Å². The predicted octanol–water partition coefficient (Wildman–Crippen LogP) is 5.20. The molecule has 2 aliphatic heterocycles. The number of carbonyl (C=O) groups is 1. The number of hydrogen-bond acceptors (Lipinski definition) is 3. The third-order valence-corrected chi connectivity index (χ3v) is 6.88. The van der Waals surface area contributed by atoms with E-state index in [0.717, 1.165) is 68.3 Å². The fraction of sp³-hybridized carbons (Fsp3) is 0.435. The van der Waals surface area contributed by atoms with E-state index in [0.29, 0.717) is 5.02 Å². The molecule has 2 heterocycles. The molecule has 1 unspecified atom stereocenters. The molecule has 1 amide bonds. The zero-order valence-corrected chi connectivity index (χ0v) is 18.3. The van der Waals surface area contributed by atoms with Gasteiger partial charge in [0.1, 0.15) is 0 Å². The third kappa shape index (κ3) is 4.11. The van der Waals surface area contributed by atoms with Crippen LogP contribution in [0.3, 0.4) is 0 Å². The van der Waals surface area contributed by atoms with Crippen molar-refractivity contribution in [3.8, 4) is 0 Å². The summed E-state index contributed by atoms with van der Waals surface area (Å²) in [5.74, 6) is 0.114. The number of amides is 1. The number of benzene rings is 2. The van der Waals surface area contributed by atoms with Crippen LogP contribution in [0.15, 0.2) is 42.5 Å². The smallest absolute Gasteiger partial charge is 0.235 e. The van der Waals surface area contributed by atoms with Gasteiger partial charge in [0.15, 0.2) is 0 Å². The lowest BCUT2D eigenvalue weighted by Gasteiger charge is -2.36. The molecule has 0 aromatic heterocycles. The topological polar surface area (TPSA) is 35.6 Å². The fourth-order valence-corrected chi connectivity index (χ4v) is 5.03. The number of hydrogen-bond donors (Lipinski definition) is 1. The van der Waals surface area contributed by atoms with Crippen molar-refractivity contribution in [3.63, 3.8) is 0 Å². The van der Waals surface area contributed by atoms with Crippen LogP contribution in [0.1, 0.15) is 31.7 Å². The number of fused-ring (bicyclic) bond motifs is 1. The molecule has 4 nitrogen and oxygen atoms in total. The molecule has 2 aromatic carbocycles. The molecule has 1 N–H and O–H groups in total. The van der Waals surface area contributed by atoms with Gasteiger partial charge in [0.25, 0.3) is 0 Å². The molecular weight excluding hydrogens is 405 g/mol. The fourth-order valence-electron chi connectivity index (χ4n) is 4.67. The minimum Gasteiger partial charge on any atom is -0.369 e. The van der Waals surface area contributed by atoms with Crippen molar-refractivity contribution in [1.29, 1.82) is 0 Å². The van der Waals surface area contributed by atoms with Crippen molar-refractivity contribution in [2.45, 2.75) is 31.6 Å². The Morgan fingerprint density at radius 1 is 1.03 bits per heavy atom. The van der Waals surface area contributed by atoms with E-state index in [9.17, 15) is 4.79 Å². The predicted molar refractivity (Wildman–Crippen MR) is 121 cm³/mol. The van der Waals surface area contributed by atoms with Crippen LogP contribution in [-0.2, 0) is 10.2 Å². The molecular formula is C23H27Cl2N3O. The first-order chi connectivity index (χ1) is 14.0. The molecule has 1 saturated heterocycles. The highest BCUT2D eigenvalue weighted by Gasteiger charge is 2.44. The summed E-state index contributed by atoms with van der Waals surface area (Å²) in [5.41, 5.74) is 2.71. The summed E-state index contributed by atoms with van der Waals surface area (Å²) in [6.07, 6.45) is 2.62. The average Bonchev–Trinajstić information content (AvgIpc) is 3.00. The van der Waals surface area contributed by atoms with Crippen LogP contribution in [0, 0.1) is 0 Å². The van der Waals surface area contributed by atoms with Gasteiger partial charge >= 0.3 is 0 Å². The molecule has 0 saturated carbocycles. The molecule has 0 spiro atoms. The molecule has 6 heteroatoms. The Kier molecular flexibility index (Phi) is 6.05. The SMILES string of the molecule is CCC1(CCCN2CCN(c3cccc(Cl)c3)CC2)C(=O)Nc2ccc(Cl)cc21. The number of nitrogens with one attached hydrogen (secondary N) is 1. The van der Waals surface area contributed by atoms with Crippen molar-refractivity contribution >= 4 is 40.5 Å². The van der Waals surface area contributed by atoms with Gasteiger partial charge in [-0.2, -0.15) is 0 Å². The second kappa shape index (κ2) is 8.55. The first-order valence-electron chi connectivity index (χ1n) is 10.4. The molecule has 1 atom stereocenters. The summed E-state index contributed by atoms with van der Waals surface area (Å²) in [6, 6.07) is 13.8. The third-order valence-electron chi connectivity index (χ3n) is 6.41. The van der Waals surface area contributed by atoms with E-state index in [1.54, 1.807) is 0 Å². The zero-order valence-electron chi connectivity index (χ0n) is 16.8. The number of piperazine rings is 1. The Balaban J connectivity index is 1.34. The maximum absolute atomic E-state index is 12.8. The summed E-state index contributed by atoms with van der Waals surface area (Å²) in [6.45, 7) is 7.16. The van der Waals surface area contributed by atoms with Crippen LogP contribution >= 0.6 is 23.2 Å². The summed E-state index contributed by atoms with van der Waals surface area (Å²) < 4.78 is 0. The molecule has 0 radical (unpaired) electrons. The van der Waals surface area contributed by atoms with Crippen LogP contribution in [-0.4, -0.2) is 43.5 Å². The molecule has 2 aromatic rings. The Hall–Kier alpha value is -1.75. The van der Waals surface area contributed by atoms with Gasteiger partial charge in [0.05, 0.1) is 5.41 Å². The maximum Gasteiger partial charge on any atom is 0.235 e. The van der Waals surface area contributed by atoms with Crippen LogP contribution < -0.4 is 10.2 Å². The van der Waals surface area contributed by atoms with Crippen LogP contribution in [0.4, 0.5) is 11.4 Å². The molecule has 154 valence electrons. The standard InChI is InChI=1S/C23H27Cl2N3O/c1-2-23(20-16-18(25)7-8-21(20)26-22(23)29)9-4-10-27-11-13-28(14-12-27)19-6-3-5-17(24)15-19/h3,5-8,15-16H,2,4,9-14H2,1H3,(H,26,29). The van der Waals surface area contributed by atoms with Gasteiger partial charge in [-0.15, -0.1) is 0 Å². The Labute approximate surface area is 182 Å².